The van der Waals surface area contributed by atoms with Gasteiger partial charge >= 0.3 is 0 Å². The van der Waals surface area contributed by atoms with Gasteiger partial charge in [0.15, 0.2) is 0 Å². The molecule has 18 heavy (non-hydrogen) atoms. The van der Waals surface area contributed by atoms with E-state index < -0.39 is 0 Å². The molecule has 1 N–H and O–H groups in total. The molecule has 0 spiro atoms. The Morgan fingerprint density at radius 2 is 2.06 bits per heavy atom. The van der Waals surface area contributed by atoms with E-state index in [-0.39, 0.29) is 0 Å². The highest BCUT2D eigenvalue weighted by Crippen LogP contribution is 2.35. The Morgan fingerprint density at radius 1 is 1.33 bits per heavy atom. The van der Waals surface area contributed by atoms with Crippen molar-refractivity contribution < 1.29 is 0 Å². The highest BCUT2D eigenvalue weighted by molar-refractivity contribution is 7.15. The van der Waals surface area contributed by atoms with Gasteiger partial charge < -0.3 is 5.32 Å². The van der Waals surface area contributed by atoms with Crippen LogP contribution in [0, 0.1) is 0 Å². The number of nitrogens with one attached hydrogen (secondary N) is 1. The van der Waals surface area contributed by atoms with Gasteiger partial charge in [0.2, 0.25) is 0 Å². The van der Waals surface area contributed by atoms with Crippen molar-refractivity contribution in [2.45, 2.75) is 26.3 Å². The first kappa shape index (κ1) is 13.5. The monoisotopic (exact) mass is 280 g/mol. The summed E-state index contributed by atoms with van der Waals surface area (Å²) in [5.41, 5.74) is 2.19. The second-order valence-corrected chi connectivity index (χ2v) is 5.98. The first-order chi connectivity index (χ1) is 8.63. The molecule has 0 saturated carbocycles. The summed E-state index contributed by atoms with van der Waals surface area (Å²) < 4.78 is 0. The molecule has 0 atom stereocenters. The molecule has 0 bridgehead atoms. The Hall–Kier alpha value is -0.900. The van der Waals surface area contributed by atoms with Crippen LogP contribution in [0.15, 0.2) is 24.3 Å². The molecule has 0 aliphatic carbocycles. The van der Waals surface area contributed by atoms with Crippen molar-refractivity contribution in [1.82, 2.24) is 10.3 Å². The fraction of sp³-hybridized carbons (Fsp3) is 0.357. The topological polar surface area (TPSA) is 24.9 Å². The van der Waals surface area contributed by atoms with E-state index in [0.717, 1.165) is 22.1 Å². The zero-order chi connectivity index (χ0) is 13.1. The Kier molecular flexibility index (Phi) is 4.38. The van der Waals surface area contributed by atoms with Gasteiger partial charge in [-0.3, -0.25) is 0 Å². The summed E-state index contributed by atoms with van der Waals surface area (Å²) in [4.78, 5) is 6.05. The zero-order valence-corrected chi connectivity index (χ0v) is 12.4. The molecule has 1 aromatic carbocycles. The lowest BCUT2D eigenvalue weighted by atomic mass is 10.1. The lowest BCUT2D eigenvalue weighted by Crippen LogP contribution is -2.06. The van der Waals surface area contributed by atoms with Crippen LogP contribution in [-0.2, 0) is 6.54 Å². The largest absolute Gasteiger partial charge is 0.315 e. The minimum atomic E-state index is 0.431. The van der Waals surface area contributed by atoms with Crippen LogP contribution in [0.1, 0.15) is 30.3 Å². The van der Waals surface area contributed by atoms with E-state index in [1.165, 1.54) is 10.6 Å². The van der Waals surface area contributed by atoms with Crippen molar-refractivity contribution in [3.8, 4) is 10.6 Å². The van der Waals surface area contributed by atoms with Crippen molar-refractivity contribution >= 4 is 22.9 Å². The molecule has 0 aliphatic heterocycles. The van der Waals surface area contributed by atoms with Gasteiger partial charge in [-0.2, -0.15) is 0 Å². The molecule has 2 rings (SSSR count). The summed E-state index contributed by atoms with van der Waals surface area (Å²) in [6.07, 6.45) is 0. The minimum Gasteiger partial charge on any atom is -0.315 e. The van der Waals surface area contributed by atoms with Crippen LogP contribution in [0.3, 0.4) is 0 Å². The van der Waals surface area contributed by atoms with E-state index in [1.807, 2.05) is 31.3 Å². The molecule has 2 aromatic rings. The van der Waals surface area contributed by atoms with Gasteiger partial charge in [0, 0.05) is 17.0 Å². The van der Waals surface area contributed by atoms with E-state index in [1.54, 1.807) is 11.3 Å². The van der Waals surface area contributed by atoms with Gasteiger partial charge in [-0.15, -0.1) is 11.3 Å². The Balaban J connectivity index is 2.47. The Bertz CT molecular complexity index is 534. The molecule has 0 radical (unpaired) electrons. The molecule has 0 aliphatic rings. The van der Waals surface area contributed by atoms with Crippen LogP contribution in [-0.4, -0.2) is 12.0 Å². The second kappa shape index (κ2) is 5.83. The van der Waals surface area contributed by atoms with Crippen LogP contribution in [0.5, 0.6) is 0 Å². The molecule has 96 valence electrons. The lowest BCUT2D eigenvalue weighted by molar-refractivity contribution is 0.771. The third-order valence-corrected chi connectivity index (χ3v) is 4.15. The molecule has 0 unspecified atom stereocenters. The van der Waals surface area contributed by atoms with E-state index in [9.17, 15) is 0 Å². The molecule has 4 heteroatoms. The van der Waals surface area contributed by atoms with Gasteiger partial charge in [0.1, 0.15) is 5.01 Å². The van der Waals surface area contributed by atoms with E-state index in [0.29, 0.717) is 5.92 Å². The lowest BCUT2D eigenvalue weighted by Gasteiger charge is -2.03. The van der Waals surface area contributed by atoms with Gasteiger partial charge in [-0.25, -0.2) is 4.98 Å². The SMILES string of the molecule is CNCc1sc(-c2ccccc2Cl)nc1C(C)C. The molecule has 0 saturated heterocycles. The van der Waals surface area contributed by atoms with Crippen molar-refractivity contribution in [1.29, 1.82) is 0 Å². The molecule has 2 nitrogen and oxygen atoms in total. The molecule has 1 aromatic heterocycles. The Labute approximate surface area is 117 Å². The summed E-state index contributed by atoms with van der Waals surface area (Å²) in [5.74, 6) is 0.431. The molecular formula is C14H17ClN2S. The highest BCUT2D eigenvalue weighted by Gasteiger charge is 2.15. The van der Waals surface area contributed by atoms with Crippen molar-refractivity contribution in [2.24, 2.45) is 0 Å². The van der Waals surface area contributed by atoms with E-state index in [2.05, 4.69) is 19.2 Å². The third kappa shape index (κ3) is 2.74. The first-order valence-corrected chi connectivity index (χ1v) is 7.22. The first-order valence-electron chi connectivity index (χ1n) is 6.02. The molecular weight excluding hydrogens is 264 g/mol. The molecule has 1 heterocycles. The summed E-state index contributed by atoms with van der Waals surface area (Å²) in [6.45, 7) is 5.20. The number of benzene rings is 1. The summed E-state index contributed by atoms with van der Waals surface area (Å²) >= 11 is 7.95. The minimum absolute atomic E-state index is 0.431. The van der Waals surface area contributed by atoms with Crippen molar-refractivity contribution in [3.63, 3.8) is 0 Å². The summed E-state index contributed by atoms with van der Waals surface area (Å²) in [7, 11) is 1.96. The number of aromatic nitrogens is 1. The van der Waals surface area contributed by atoms with Crippen molar-refractivity contribution in [3.05, 3.63) is 39.9 Å². The number of hydrogen-bond acceptors (Lipinski definition) is 3. The number of nitrogens with zero attached hydrogens (tertiary/aromatic N) is 1. The molecule has 0 fully saturated rings. The number of hydrogen-bond donors (Lipinski definition) is 1. The van der Waals surface area contributed by atoms with Crippen LogP contribution < -0.4 is 5.32 Å². The standard InChI is InChI=1S/C14H17ClN2S/c1-9(2)13-12(8-16-3)18-14(17-13)10-6-4-5-7-11(10)15/h4-7,9,16H,8H2,1-3H3. The second-order valence-electron chi connectivity index (χ2n) is 4.49. The van der Waals surface area contributed by atoms with Crippen LogP contribution in [0.25, 0.3) is 10.6 Å². The maximum absolute atomic E-state index is 6.23. The normalized spacial score (nSPS) is 11.2. The van der Waals surface area contributed by atoms with Crippen molar-refractivity contribution in [2.75, 3.05) is 7.05 Å². The van der Waals surface area contributed by atoms with Gasteiger partial charge in [-0.05, 0) is 19.0 Å². The Morgan fingerprint density at radius 3 is 2.67 bits per heavy atom. The predicted octanol–water partition coefficient (Wildman–Crippen LogP) is 4.31. The predicted molar refractivity (Wildman–Crippen MR) is 79.4 cm³/mol. The van der Waals surface area contributed by atoms with Crippen LogP contribution in [0.4, 0.5) is 0 Å². The average Bonchev–Trinajstić information content (AvgIpc) is 2.74. The summed E-state index contributed by atoms with van der Waals surface area (Å²) in [5, 5.41) is 4.97. The average molecular weight is 281 g/mol. The summed E-state index contributed by atoms with van der Waals surface area (Å²) in [6, 6.07) is 7.87. The number of rotatable bonds is 4. The number of thiazole rings is 1. The maximum Gasteiger partial charge on any atom is 0.125 e. The van der Waals surface area contributed by atoms with Gasteiger partial charge in [-0.1, -0.05) is 43.6 Å². The van der Waals surface area contributed by atoms with Gasteiger partial charge in [0.05, 0.1) is 10.7 Å². The van der Waals surface area contributed by atoms with Crippen LogP contribution >= 0.6 is 22.9 Å². The van der Waals surface area contributed by atoms with Gasteiger partial charge in [0.25, 0.3) is 0 Å². The quantitative estimate of drug-likeness (QED) is 0.903. The van der Waals surface area contributed by atoms with E-state index >= 15 is 0 Å². The molecule has 0 amide bonds. The van der Waals surface area contributed by atoms with E-state index in [4.69, 9.17) is 16.6 Å². The highest BCUT2D eigenvalue weighted by atomic mass is 35.5. The fourth-order valence-corrected chi connectivity index (χ4v) is 3.40. The maximum atomic E-state index is 6.23. The number of halogens is 1. The fourth-order valence-electron chi connectivity index (χ4n) is 1.85. The van der Waals surface area contributed by atoms with Crippen LogP contribution in [0.2, 0.25) is 5.02 Å². The third-order valence-electron chi connectivity index (χ3n) is 2.72. The zero-order valence-electron chi connectivity index (χ0n) is 10.8. The smallest absolute Gasteiger partial charge is 0.125 e.